The number of carbonyl (C=O) groups is 1. The number of anilines is 3. The molecule has 3 rings (SSSR count). The van der Waals surface area contributed by atoms with Crippen LogP contribution in [0.2, 0.25) is 0 Å². The lowest BCUT2D eigenvalue weighted by atomic mass is 10.1. The summed E-state index contributed by atoms with van der Waals surface area (Å²) >= 11 is 0. The van der Waals surface area contributed by atoms with E-state index in [0.717, 1.165) is 35.5 Å². The average molecular weight is 366 g/mol. The van der Waals surface area contributed by atoms with Gasteiger partial charge in [-0.05, 0) is 54.4 Å². The van der Waals surface area contributed by atoms with Gasteiger partial charge in [0, 0.05) is 30.5 Å². The van der Waals surface area contributed by atoms with Gasteiger partial charge in [0.05, 0.1) is 4.90 Å². The molecular weight excluding hydrogens is 350 g/mol. The third-order valence-electron chi connectivity index (χ3n) is 4.06. The van der Waals surface area contributed by atoms with Gasteiger partial charge in [0.1, 0.15) is 0 Å². The molecule has 0 atom stereocenters. The van der Waals surface area contributed by atoms with Gasteiger partial charge in [-0.15, -0.1) is 0 Å². The molecule has 0 aliphatic carbocycles. The zero-order chi connectivity index (χ0) is 18.2. The number of carbonyl (C=O) groups excluding carboxylic acids is 1. The third kappa shape index (κ3) is 3.34. The van der Waals surface area contributed by atoms with Crippen LogP contribution in [0, 0.1) is 0 Å². The molecule has 0 unspecified atom stereocenters. The van der Waals surface area contributed by atoms with E-state index < -0.39 is 20.5 Å². The van der Waals surface area contributed by atoms with E-state index in [1.165, 1.54) is 19.1 Å². The fraction of sp³-hybridized carbons (Fsp3) is 0.235. The molecule has 132 valence electrons. The number of rotatable bonds is 4. The molecule has 1 aliphatic rings. The molecule has 5 nitrogen and oxygen atoms in total. The Balaban J connectivity index is 1.79. The normalized spacial score (nSPS) is 13.8. The molecule has 8 heteroatoms. The standard InChI is InChI=1S/C17H16F2N2O3S/c1-11(22)21-9-8-12-10-14(4-7-16(12)21)20-13-2-5-15(6-3-13)25(23,24)17(18)19/h2-7,10,17,20H,8-9H2,1H3. The van der Waals surface area contributed by atoms with Crippen LogP contribution in [0.3, 0.4) is 0 Å². The van der Waals surface area contributed by atoms with Gasteiger partial charge < -0.3 is 10.2 Å². The van der Waals surface area contributed by atoms with E-state index in [1.54, 1.807) is 4.90 Å². The Morgan fingerprint density at radius 3 is 2.36 bits per heavy atom. The lowest BCUT2D eigenvalue weighted by Crippen LogP contribution is -2.25. The molecule has 0 spiro atoms. The van der Waals surface area contributed by atoms with Gasteiger partial charge in [0.25, 0.3) is 0 Å². The smallest absolute Gasteiger partial charge is 0.341 e. The minimum absolute atomic E-state index is 0.00436. The second kappa shape index (κ2) is 6.44. The first-order chi connectivity index (χ1) is 11.8. The third-order valence-corrected chi connectivity index (χ3v) is 5.46. The Morgan fingerprint density at radius 2 is 1.76 bits per heavy atom. The SMILES string of the molecule is CC(=O)N1CCc2cc(Nc3ccc(S(=O)(=O)C(F)F)cc3)ccc21. The first-order valence-corrected chi connectivity index (χ1v) is 9.14. The van der Waals surface area contributed by atoms with Crippen LogP contribution in [-0.4, -0.2) is 26.6 Å². The molecule has 1 heterocycles. The van der Waals surface area contributed by atoms with E-state index in [0.29, 0.717) is 12.2 Å². The van der Waals surface area contributed by atoms with Crippen LogP contribution in [0.1, 0.15) is 12.5 Å². The van der Waals surface area contributed by atoms with Crippen molar-refractivity contribution >= 4 is 32.8 Å². The molecule has 0 bridgehead atoms. The molecular formula is C17H16F2N2O3S. The molecule has 0 radical (unpaired) electrons. The van der Waals surface area contributed by atoms with Crippen LogP contribution in [0.4, 0.5) is 25.8 Å². The highest BCUT2D eigenvalue weighted by Crippen LogP contribution is 2.31. The number of alkyl halides is 2. The van der Waals surface area contributed by atoms with Crippen molar-refractivity contribution in [3.05, 3.63) is 48.0 Å². The van der Waals surface area contributed by atoms with E-state index in [2.05, 4.69) is 5.32 Å². The fourth-order valence-electron chi connectivity index (χ4n) is 2.80. The summed E-state index contributed by atoms with van der Waals surface area (Å²) in [6.45, 7) is 2.17. The Morgan fingerprint density at radius 1 is 1.12 bits per heavy atom. The van der Waals surface area contributed by atoms with E-state index in [4.69, 9.17) is 0 Å². The van der Waals surface area contributed by atoms with Crippen molar-refractivity contribution in [2.45, 2.75) is 24.0 Å². The molecule has 1 N–H and O–H groups in total. The maximum absolute atomic E-state index is 12.5. The van der Waals surface area contributed by atoms with Crippen molar-refractivity contribution < 1.29 is 22.0 Å². The van der Waals surface area contributed by atoms with Crippen LogP contribution in [0.25, 0.3) is 0 Å². The highest BCUT2D eigenvalue weighted by Gasteiger charge is 2.26. The molecule has 0 aromatic heterocycles. The van der Waals surface area contributed by atoms with Gasteiger partial charge in [-0.3, -0.25) is 4.79 Å². The summed E-state index contributed by atoms with van der Waals surface area (Å²) in [5.41, 5.74) is 3.27. The minimum atomic E-state index is -4.59. The maximum atomic E-state index is 12.5. The molecule has 0 saturated carbocycles. The molecule has 1 aliphatic heterocycles. The monoisotopic (exact) mass is 366 g/mol. The predicted octanol–water partition coefficient (Wildman–Crippen LogP) is 3.34. The highest BCUT2D eigenvalue weighted by atomic mass is 32.2. The topological polar surface area (TPSA) is 66.5 Å². The molecule has 2 aromatic rings. The maximum Gasteiger partial charge on any atom is 0.341 e. The van der Waals surface area contributed by atoms with Crippen molar-refractivity contribution in [1.82, 2.24) is 0 Å². The molecule has 25 heavy (non-hydrogen) atoms. The minimum Gasteiger partial charge on any atom is -0.356 e. The summed E-state index contributed by atoms with van der Waals surface area (Å²) in [6.07, 6.45) is 0.760. The van der Waals surface area contributed by atoms with Gasteiger partial charge in [-0.1, -0.05) is 0 Å². The van der Waals surface area contributed by atoms with Crippen molar-refractivity contribution in [3.8, 4) is 0 Å². The Bertz CT molecular complexity index is 912. The number of nitrogens with zero attached hydrogens (tertiary/aromatic N) is 1. The zero-order valence-corrected chi connectivity index (χ0v) is 14.2. The zero-order valence-electron chi connectivity index (χ0n) is 13.4. The number of halogens is 2. The number of nitrogens with one attached hydrogen (secondary N) is 1. The summed E-state index contributed by atoms with van der Waals surface area (Å²) in [5.74, 6) is -3.44. The summed E-state index contributed by atoms with van der Waals surface area (Å²) in [7, 11) is -4.59. The molecule has 2 aromatic carbocycles. The largest absolute Gasteiger partial charge is 0.356 e. The van der Waals surface area contributed by atoms with Crippen molar-refractivity contribution in [2.75, 3.05) is 16.8 Å². The second-order valence-electron chi connectivity index (χ2n) is 5.72. The Hall–Kier alpha value is -2.48. The number of hydrogen-bond donors (Lipinski definition) is 1. The predicted molar refractivity (Wildman–Crippen MR) is 91.1 cm³/mol. The summed E-state index contributed by atoms with van der Waals surface area (Å²) < 4.78 is 47.9. The molecule has 0 fully saturated rings. The number of amides is 1. The quantitative estimate of drug-likeness (QED) is 0.901. The van der Waals surface area contributed by atoms with Gasteiger partial charge in [-0.25, -0.2) is 8.42 Å². The second-order valence-corrected chi connectivity index (χ2v) is 7.64. The van der Waals surface area contributed by atoms with E-state index in [9.17, 15) is 22.0 Å². The summed E-state index contributed by atoms with van der Waals surface area (Å²) in [6, 6.07) is 10.7. The van der Waals surface area contributed by atoms with Gasteiger partial charge >= 0.3 is 5.76 Å². The van der Waals surface area contributed by atoms with E-state index in [-0.39, 0.29) is 5.91 Å². The van der Waals surface area contributed by atoms with Gasteiger partial charge in [0.15, 0.2) is 0 Å². The Labute approximate surface area is 144 Å². The lowest BCUT2D eigenvalue weighted by molar-refractivity contribution is -0.116. The van der Waals surface area contributed by atoms with E-state index in [1.807, 2.05) is 18.2 Å². The highest BCUT2D eigenvalue weighted by molar-refractivity contribution is 7.91. The summed E-state index contributed by atoms with van der Waals surface area (Å²) in [5, 5.41) is 3.10. The van der Waals surface area contributed by atoms with Gasteiger partial charge in [0.2, 0.25) is 15.7 Å². The van der Waals surface area contributed by atoms with Crippen LogP contribution < -0.4 is 10.2 Å². The Kier molecular flexibility index (Phi) is 4.47. The molecule has 1 amide bonds. The first kappa shape index (κ1) is 17.3. The van der Waals surface area contributed by atoms with Gasteiger partial charge in [-0.2, -0.15) is 8.78 Å². The van der Waals surface area contributed by atoms with Crippen LogP contribution in [0.15, 0.2) is 47.4 Å². The van der Waals surface area contributed by atoms with Crippen LogP contribution in [-0.2, 0) is 21.1 Å². The number of sulfone groups is 1. The van der Waals surface area contributed by atoms with Crippen LogP contribution >= 0.6 is 0 Å². The number of hydrogen-bond acceptors (Lipinski definition) is 4. The van der Waals surface area contributed by atoms with Crippen molar-refractivity contribution in [2.24, 2.45) is 0 Å². The first-order valence-electron chi connectivity index (χ1n) is 7.59. The summed E-state index contributed by atoms with van der Waals surface area (Å²) in [4.78, 5) is 12.8. The molecule has 0 saturated heterocycles. The van der Waals surface area contributed by atoms with Crippen molar-refractivity contribution in [1.29, 1.82) is 0 Å². The van der Waals surface area contributed by atoms with Crippen molar-refractivity contribution in [3.63, 3.8) is 0 Å². The van der Waals surface area contributed by atoms with E-state index >= 15 is 0 Å². The number of fused-ring (bicyclic) bond motifs is 1. The van der Waals surface area contributed by atoms with Crippen LogP contribution in [0.5, 0.6) is 0 Å². The lowest BCUT2D eigenvalue weighted by Gasteiger charge is -2.15. The average Bonchev–Trinajstić information content (AvgIpc) is 2.98. The number of benzene rings is 2. The fourth-order valence-corrected chi connectivity index (χ4v) is 3.53.